The van der Waals surface area contributed by atoms with Crippen molar-refractivity contribution in [3.05, 3.63) is 71.4 Å². The van der Waals surface area contributed by atoms with E-state index in [1.807, 2.05) is 36.4 Å². The highest BCUT2D eigenvalue weighted by atomic mass is 32.1. The summed E-state index contributed by atoms with van der Waals surface area (Å²) in [5.74, 6) is 0.763. The van der Waals surface area contributed by atoms with Gasteiger partial charge in [-0.1, -0.05) is 36.4 Å². The molecule has 0 saturated heterocycles. The number of aromatic nitrogens is 3. The normalized spacial score (nSPS) is 10.9. The van der Waals surface area contributed by atoms with Crippen molar-refractivity contribution in [3.63, 3.8) is 0 Å². The second-order valence-electron chi connectivity index (χ2n) is 5.56. The van der Waals surface area contributed by atoms with Gasteiger partial charge in [-0.3, -0.25) is 4.98 Å². The van der Waals surface area contributed by atoms with Gasteiger partial charge in [0.15, 0.2) is 0 Å². The van der Waals surface area contributed by atoms with E-state index in [1.54, 1.807) is 17.5 Å². The highest BCUT2D eigenvalue weighted by Crippen LogP contribution is 2.26. The SMILES string of the molecule is Cc1ccccc1-c1nc(CNc2cnc3ccccc3n2)cs1. The summed E-state index contributed by atoms with van der Waals surface area (Å²) in [6.07, 6.45) is 1.76. The van der Waals surface area contributed by atoms with Gasteiger partial charge in [-0.25, -0.2) is 9.97 Å². The molecule has 0 amide bonds. The third-order valence-corrected chi connectivity index (χ3v) is 4.75. The molecule has 4 aromatic rings. The summed E-state index contributed by atoms with van der Waals surface area (Å²) >= 11 is 1.67. The van der Waals surface area contributed by atoms with E-state index in [1.165, 1.54) is 11.1 Å². The zero-order chi connectivity index (χ0) is 16.4. The molecular formula is C19H16N4S. The Kier molecular flexibility index (Phi) is 3.92. The molecule has 0 aliphatic heterocycles. The smallest absolute Gasteiger partial charge is 0.145 e. The summed E-state index contributed by atoms with van der Waals surface area (Å²) in [6, 6.07) is 16.2. The quantitative estimate of drug-likeness (QED) is 0.590. The van der Waals surface area contributed by atoms with Crippen molar-refractivity contribution in [1.29, 1.82) is 0 Å². The van der Waals surface area contributed by atoms with Gasteiger partial charge in [-0.2, -0.15) is 0 Å². The van der Waals surface area contributed by atoms with Gasteiger partial charge < -0.3 is 5.32 Å². The molecule has 4 rings (SSSR count). The lowest BCUT2D eigenvalue weighted by Crippen LogP contribution is -2.02. The van der Waals surface area contributed by atoms with Gasteiger partial charge >= 0.3 is 0 Å². The molecule has 118 valence electrons. The lowest BCUT2D eigenvalue weighted by atomic mass is 10.1. The first-order valence-electron chi connectivity index (χ1n) is 7.76. The lowest BCUT2D eigenvalue weighted by Gasteiger charge is -2.04. The van der Waals surface area contributed by atoms with E-state index < -0.39 is 0 Å². The molecule has 2 aromatic carbocycles. The summed E-state index contributed by atoms with van der Waals surface area (Å²) in [4.78, 5) is 13.7. The number of benzene rings is 2. The minimum absolute atomic E-state index is 0.634. The molecule has 0 radical (unpaired) electrons. The largest absolute Gasteiger partial charge is 0.363 e. The van der Waals surface area contributed by atoms with E-state index in [-0.39, 0.29) is 0 Å². The Morgan fingerprint density at radius 2 is 1.75 bits per heavy atom. The fourth-order valence-corrected chi connectivity index (χ4v) is 3.46. The van der Waals surface area contributed by atoms with Crippen LogP contribution in [0.1, 0.15) is 11.3 Å². The molecule has 4 nitrogen and oxygen atoms in total. The van der Waals surface area contributed by atoms with Crippen LogP contribution in [-0.4, -0.2) is 15.0 Å². The maximum absolute atomic E-state index is 4.73. The molecule has 24 heavy (non-hydrogen) atoms. The van der Waals surface area contributed by atoms with Crippen LogP contribution in [-0.2, 0) is 6.54 Å². The van der Waals surface area contributed by atoms with Crippen molar-refractivity contribution < 1.29 is 0 Å². The molecule has 0 aliphatic carbocycles. The Morgan fingerprint density at radius 3 is 2.62 bits per heavy atom. The molecule has 5 heteroatoms. The molecule has 0 saturated carbocycles. The van der Waals surface area contributed by atoms with Gasteiger partial charge in [-0.05, 0) is 24.6 Å². The average molecular weight is 332 g/mol. The van der Waals surface area contributed by atoms with E-state index in [9.17, 15) is 0 Å². The third-order valence-electron chi connectivity index (χ3n) is 3.83. The molecule has 2 heterocycles. The van der Waals surface area contributed by atoms with E-state index in [0.717, 1.165) is 27.6 Å². The molecule has 1 N–H and O–H groups in total. The highest BCUT2D eigenvalue weighted by Gasteiger charge is 2.07. The van der Waals surface area contributed by atoms with Crippen molar-refractivity contribution in [1.82, 2.24) is 15.0 Å². The molecular weight excluding hydrogens is 316 g/mol. The van der Waals surface area contributed by atoms with E-state index in [0.29, 0.717) is 6.54 Å². The summed E-state index contributed by atoms with van der Waals surface area (Å²) in [6.45, 7) is 2.74. The first-order chi connectivity index (χ1) is 11.8. The number of hydrogen-bond donors (Lipinski definition) is 1. The monoisotopic (exact) mass is 332 g/mol. The third kappa shape index (κ3) is 2.98. The summed E-state index contributed by atoms with van der Waals surface area (Å²) in [5.41, 5.74) is 5.24. The zero-order valence-electron chi connectivity index (χ0n) is 13.2. The van der Waals surface area contributed by atoms with Gasteiger partial charge in [0, 0.05) is 10.9 Å². The first kappa shape index (κ1) is 14.8. The van der Waals surface area contributed by atoms with Crippen LogP contribution in [0.15, 0.2) is 60.1 Å². The van der Waals surface area contributed by atoms with Crippen molar-refractivity contribution in [3.8, 4) is 10.6 Å². The average Bonchev–Trinajstić information content (AvgIpc) is 3.09. The Morgan fingerprint density at radius 1 is 0.958 bits per heavy atom. The van der Waals surface area contributed by atoms with Crippen molar-refractivity contribution >= 4 is 28.2 Å². The molecule has 0 spiro atoms. The minimum atomic E-state index is 0.634. The van der Waals surface area contributed by atoms with Crippen molar-refractivity contribution in [2.75, 3.05) is 5.32 Å². The van der Waals surface area contributed by atoms with Crippen LogP contribution in [0.3, 0.4) is 0 Å². The maximum atomic E-state index is 4.73. The predicted octanol–water partition coefficient (Wildman–Crippen LogP) is 4.67. The number of aryl methyl sites for hydroxylation is 1. The van der Waals surface area contributed by atoms with E-state index in [4.69, 9.17) is 4.98 Å². The molecule has 0 aliphatic rings. The number of hydrogen-bond acceptors (Lipinski definition) is 5. The number of anilines is 1. The van der Waals surface area contributed by atoms with Crippen molar-refractivity contribution in [2.24, 2.45) is 0 Å². The van der Waals surface area contributed by atoms with Crippen LogP contribution >= 0.6 is 11.3 Å². The van der Waals surface area contributed by atoms with Crippen LogP contribution in [0.25, 0.3) is 21.6 Å². The second-order valence-corrected chi connectivity index (χ2v) is 6.41. The summed E-state index contributed by atoms with van der Waals surface area (Å²) in [7, 11) is 0. The number of rotatable bonds is 4. The van der Waals surface area contributed by atoms with Gasteiger partial charge in [0.05, 0.1) is 29.5 Å². The number of thiazole rings is 1. The molecule has 0 atom stereocenters. The number of para-hydroxylation sites is 2. The van der Waals surface area contributed by atoms with Crippen LogP contribution in [0, 0.1) is 6.92 Å². The lowest BCUT2D eigenvalue weighted by molar-refractivity contribution is 1.05. The number of nitrogens with zero attached hydrogens (tertiary/aromatic N) is 3. The fraction of sp³-hybridized carbons (Fsp3) is 0.105. The van der Waals surface area contributed by atoms with Crippen LogP contribution < -0.4 is 5.32 Å². The Bertz CT molecular complexity index is 993. The topological polar surface area (TPSA) is 50.7 Å². The zero-order valence-corrected chi connectivity index (χ0v) is 14.0. The van der Waals surface area contributed by atoms with Gasteiger partial charge in [0.2, 0.25) is 0 Å². The predicted molar refractivity (Wildman–Crippen MR) is 99.2 cm³/mol. The van der Waals surface area contributed by atoms with Gasteiger partial charge in [0.25, 0.3) is 0 Å². The Balaban J connectivity index is 1.51. The van der Waals surface area contributed by atoms with Crippen molar-refractivity contribution in [2.45, 2.75) is 13.5 Å². The fourth-order valence-electron chi connectivity index (χ4n) is 2.55. The highest BCUT2D eigenvalue weighted by molar-refractivity contribution is 7.13. The second kappa shape index (κ2) is 6.37. The molecule has 0 fully saturated rings. The van der Waals surface area contributed by atoms with Crippen LogP contribution in [0.4, 0.5) is 5.82 Å². The maximum Gasteiger partial charge on any atom is 0.145 e. The summed E-state index contributed by atoms with van der Waals surface area (Å²) in [5, 5.41) is 6.44. The van der Waals surface area contributed by atoms with Crippen LogP contribution in [0.5, 0.6) is 0 Å². The van der Waals surface area contributed by atoms with Gasteiger partial charge in [-0.15, -0.1) is 11.3 Å². The number of fused-ring (bicyclic) bond motifs is 1. The summed E-state index contributed by atoms with van der Waals surface area (Å²) < 4.78 is 0. The standard InChI is InChI=1S/C19H16N4S/c1-13-6-2-3-7-15(13)19-22-14(12-24-19)10-21-18-11-20-16-8-4-5-9-17(16)23-18/h2-9,11-12H,10H2,1H3,(H,21,23). The first-order valence-corrected chi connectivity index (χ1v) is 8.63. The van der Waals surface area contributed by atoms with E-state index >= 15 is 0 Å². The molecule has 2 aromatic heterocycles. The molecule has 0 bridgehead atoms. The molecule has 0 unspecified atom stereocenters. The number of nitrogens with one attached hydrogen (secondary N) is 1. The Labute approximate surface area is 144 Å². The van der Waals surface area contributed by atoms with E-state index in [2.05, 4.69) is 39.7 Å². The van der Waals surface area contributed by atoms with Crippen LogP contribution in [0.2, 0.25) is 0 Å². The van der Waals surface area contributed by atoms with Gasteiger partial charge in [0.1, 0.15) is 10.8 Å². The minimum Gasteiger partial charge on any atom is -0.363 e. The Hall–Kier alpha value is -2.79.